The molecule has 0 atom stereocenters. The van der Waals surface area contributed by atoms with Gasteiger partial charge in [-0.2, -0.15) is 4.91 Å². The average molecular weight is 299 g/mol. The maximum absolute atomic E-state index is 11.3. The number of hydrogen-bond acceptors (Lipinski definition) is 6. The van der Waals surface area contributed by atoms with Crippen molar-refractivity contribution in [2.75, 3.05) is 0 Å². The van der Waals surface area contributed by atoms with Crippen LogP contribution < -0.4 is 5.73 Å². The number of primary amides is 1. The monoisotopic (exact) mass is 299 g/mol. The fraction of sp³-hybridized carbons (Fsp3) is 0.100. The Hall–Kier alpha value is -1.12. The first kappa shape index (κ1) is 13.3. The molecule has 0 aliphatic carbocycles. The number of nitrogens with two attached hydrogens (primary N) is 1. The summed E-state index contributed by atoms with van der Waals surface area (Å²) in [6, 6.07) is 1.52. The van der Waals surface area contributed by atoms with Crippen LogP contribution in [0.15, 0.2) is 32.3 Å². The first-order valence-corrected chi connectivity index (χ1v) is 6.19. The van der Waals surface area contributed by atoms with Gasteiger partial charge in [-0.15, -0.1) is 37.9 Å². The van der Waals surface area contributed by atoms with E-state index >= 15 is 0 Å². The molecule has 2 heterocycles. The minimum atomic E-state index is -0.619. The third-order valence-electron chi connectivity index (χ3n) is 2.62. The zero-order valence-corrected chi connectivity index (χ0v) is 11.7. The third-order valence-corrected chi connectivity index (χ3v) is 4.28. The van der Waals surface area contributed by atoms with Gasteiger partial charge >= 0.3 is 0 Å². The smallest absolute Gasteiger partial charge is 0.249 e. The zero-order valence-electron chi connectivity index (χ0n) is 8.99. The molecule has 2 N–H and O–H groups in total. The lowest BCUT2D eigenvalue weighted by molar-refractivity contribution is 0.0999. The molecule has 0 aliphatic rings. The van der Waals surface area contributed by atoms with E-state index in [0.29, 0.717) is 25.9 Å². The quantitative estimate of drug-likeness (QED) is 0.518. The number of pyridine rings is 1. The van der Waals surface area contributed by atoms with Gasteiger partial charge in [-0.1, -0.05) is 5.18 Å². The molecule has 0 aliphatic heterocycles. The highest BCUT2D eigenvalue weighted by atomic mass is 32.1. The van der Waals surface area contributed by atoms with E-state index in [-0.39, 0.29) is 12.1 Å². The molecule has 0 bridgehead atoms. The normalized spacial score (nSPS) is 10.8. The molecule has 0 saturated heterocycles. The fourth-order valence-corrected chi connectivity index (χ4v) is 2.75. The average Bonchev–Trinajstić information content (AvgIpc) is 2.55. The van der Waals surface area contributed by atoms with Gasteiger partial charge in [-0.05, 0) is 6.07 Å². The van der Waals surface area contributed by atoms with Crippen LogP contribution in [0.2, 0.25) is 0 Å². The lowest BCUT2D eigenvalue weighted by atomic mass is 10.1. The van der Waals surface area contributed by atoms with E-state index in [1.165, 1.54) is 6.07 Å². The molecular weight excluding hydrogens is 290 g/mol. The number of aromatic nitrogens is 1. The van der Waals surface area contributed by atoms with Crippen molar-refractivity contribution >= 4 is 49.3 Å². The van der Waals surface area contributed by atoms with E-state index in [1.807, 2.05) is 0 Å². The molecule has 18 heavy (non-hydrogen) atoms. The van der Waals surface area contributed by atoms with Crippen LogP contribution in [0, 0.1) is 4.91 Å². The highest BCUT2D eigenvalue weighted by molar-refractivity contribution is 7.85. The van der Waals surface area contributed by atoms with E-state index in [2.05, 4.69) is 43.1 Å². The van der Waals surface area contributed by atoms with Crippen LogP contribution in [0.1, 0.15) is 15.9 Å². The van der Waals surface area contributed by atoms with Crippen LogP contribution in [-0.4, -0.2) is 10.3 Å². The zero-order chi connectivity index (χ0) is 13.4. The molecule has 2 rings (SSSR count). The van der Waals surface area contributed by atoms with Gasteiger partial charge in [0.05, 0.1) is 15.4 Å². The lowest BCUT2D eigenvalue weighted by Crippen LogP contribution is -2.14. The molecule has 0 aromatic carbocycles. The second kappa shape index (κ2) is 4.87. The Kier molecular flexibility index (Phi) is 3.60. The largest absolute Gasteiger partial charge is 0.366 e. The molecule has 2 aromatic heterocycles. The Morgan fingerprint density at radius 2 is 2.00 bits per heavy atom. The Labute approximate surface area is 119 Å². The predicted octanol–water partition coefficient (Wildman–Crippen LogP) is 2.17. The van der Waals surface area contributed by atoms with Crippen molar-refractivity contribution in [3.63, 3.8) is 0 Å². The number of nitrogens with zero attached hydrogens (tertiary/aromatic N) is 2. The SMILES string of the molecule is NC(=O)c1ccn2c(S)c(S)c(S)c2c1CN=O. The van der Waals surface area contributed by atoms with Crippen molar-refractivity contribution in [2.24, 2.45) is 10.9 Å². The summed E-state index contributed by atoms with van der Waals surface area (Å²) in [5.41, 5.74) is 6.53. The lowest BCUT2D eigenvalue weighted by Gasteiger charge is -2.07. The summed E-state index contributed by atoms with van der Waals surface area (Å²) in [6.45, 7) is -0.166. The Morgan fingerprint density at radius 3 is 2.56 bits per heavy atom. The molecule has 0 spiro atoms. The maximum Gasteiger partial charge on any atom is 0.249 e. The van der Waals surface area contributed by atoms with E-state index in [9.17, 15) is 9.70 Å². The number of amides is 1. The standard InChI is InChI=1S/C10H9N3O2S3/c11-9(14)4-1-2-13-6(5(4)3-12-15)7(16)8(17)10(13)18/h1-2,16-18H,3H2,(H2,11,14). The van der Waals surface area contributed by atoms with Gasteiger partial charge in [0, 0.05) is 22.2 Å². The van der Waals surface area contributed by atoms with Crippen molar-refractivity contribution in [1.82, 2.24) is 4.40 Å². The van der Waals surface area contributed by atoms with Crippen molar-refractivity contribution in [3.8, 4) is 0 Å². The number of hydrogen-bond donors (Lipinski definition) is 4. The topological polar surface area (TPSA) is 76.9 Å². The molecule has 0 radical (unpaired) electrons. The van der Waals surface area contributed by atoms with Gasteiger partial charge in [0.15, 0.2) is 0 Å². The van der Waals surface area contributed by atoms with Crippen molar-refractivity contribution in [1.29, 1.82) is 0 Å². The van der Waals surface area contributed by atoms with E-state index in [1.54, 1.807) is 10.6 Å². The second-order valence-corrected chi connectivity index (χ2v) is 4.92. The van der Waals surface area contributed by atoms with Gasteiger partial charge in [-0.3, -0.25) is 4.79 Å². The summed E-state index contributed by atoms with van der Waals surface area (Å²) in [7, 11) is 0. The minimum absolute atomic E-state index is 0.166. The van der Waals surface area contributed by atoms with Crippen LogP contribution in [0.25, 0.3) is 5.52 Å². The van der Waals surface area contributed by atoms with Crippen LogP contribution in [-0.2, 0) is 6.54 Å². The number of thiol groups is 3. The minimum Gasteiger partial charge on any atom is -0.366 e. The highest BCUT2D eigenvalue weighted by Gasteiger charge is 2.19. The molecule has 0 fully saturated rings. The molecule has 0 unspecified atom stereocenters. The van der Waals surface area contributed by atoms with Gasteiger partial charge in [0.2, 0.25) is 5.91 Å². The van der Waals surface area contributed by atoms with E-state index < -0.39 is 5.91 Å². The maximum atomic E-state index is 11.3. The Balaban J connectivity index is 2.93. The second-order valence-electron chi connectivity index (χ2n) is 3.60. The van der Waals surface area contributed by atoms with Crippen LogP contribution in [0.4, 0.5) is 0 Å². The summed E-state index contributed by atoms with van der Waals surface area (Å²) in [4.78, 5) is 23.0. The summed E-state index contributed by atoms with van der Waals surface area (Å²) >= 11 is 12.9. The van der Waals surface area contributed by atoms with E-state index in [4.69, 9.17) is 5.73 Å². The number of fused-ring (bicyclic) bond motifs is 1. The summed E-state index contributed by atoms with van der Waals surface area (Å²) in [6.07, 6.45) is 1.63. The molecule has 5 nitrogen and oxygen atoms in total. The molecular formula is C10H9N3O2S3. The van der Waals surface area contributed by atoms with Crippen molar-refractivity contribution < 1.29 is 4.79 Å². The third kappa shape index (κ3) is 1.90. The first-order chi connectivity index (χ1) is 8.49. The number of rotatable bonds is 3. The molecule has 0 saturated carbocycles. The Bertz CT molecular complexity index is 666. The van der Waals surface area contributed by atoms with E-state index in [0.717, 1.165) is 0 Å². The molecule has 2 aromatic rings. The predicted molar refractivity (Wildman–Crippen MR) is 77.2 cm³/mol. The van der Waals surface area contributed by atoms with Crippen LogP contribution >= 0.6 is 37.9 Å². The molecule has 94 valence electrons. The summed E-state index contributed by atoms with van der Waals surface area (Å²) in [5.74, 6) is -0.619. The summed E-state index contributed by atoms with van der Waals surface area (Å²) < 4.78 is 1.68. The Morgan fingerprint density at radius 1 is 1.33 bits per heavy atom. The number of carbonyl (C=O) groups is 1. The number of carbonyl (C=O) groups excluding carboxylic acids is 1. The molecule has 8 heteroatoms. The molecule has 1 amide bonds. The highest BCUT2D eigenvalue weighted by Crippen LogP contribution is 2.35. The van der Waals surface area contributed by atoms with Gasteiger partial charge in [0.1, 0.15) is 6.54 Å². The first-order valence-electron chi connectivity index (χ1n) is 4.84. The van der Waals surface area contributed by atoms with Gasteiger partial charge in [-0.25, -0.2) is 0 Å². The summed E-state index contributed by atoms with van der Waals surface area (Å²) in [5, 5.41) is 3.40. The van der Waals surface area contributed by atoms with Crippen LogP contribution in [0.5, 0.6) is 0 Å². The van der Waals surface area contributed by atoms with Crippen molar-refractivity contribution in [2.45, 2.75) is 21.4 Å². The van der Waals surface area contributed by atoms with Crippen molar-refractivity contribution in [3.05, 3.63) is 28.3 Å². The van der Waals surface area contributed by atoms with Gasteiger partial charge < -0.3 is 10.1 Å². The van der Waals surface area contributed by atoms with Gasteiger partial charge in [0.25, 0.3) is 0 Å². The number of nitroso groups, excluding NO2 is 1. The fourth-order valence-electron chi connectivity index (χ4n) is 1.82. The van der Waals surface area contributed by atoms with Crippen LogP contribution in [0.3, 0.4) is 0 Å².